The van der Waals surface area contributed by atoms with Crippen LogP contribution in [0.4, 0.5) is 0 Å². The molecule has 2 aromatic carbocycles. The number of fused-ring (bicyclic) bond motifs is 1. The zero-order valence-corrected chi connectivity index (χ0v) is 13.7. The average molecular weight is 347 g/mol. The minimum atomic E-state index is 0.274. The summed E-state index contributed by atoms with van der Waals surface area (Å²) >= 11 is 3.80. The molecule has 1 aliphatic heterocycles. The molecule has 1 atom stereocenters. The van der Waals surface area contributed by atoms with Gasteiger partial charge in [-0.05, 0) is 36.6 Å². The average Bonchev–Trinajstić information content (AvgIpc) is 2.71. The summed E-state index contributed by atoms with van der Waals surface area (Å²) in [5.74, 6) is 1.71. The van der Waals surface area contributed by atoms with E-state index in [4.69, 9.17) is 9.47 Å². The Labute approximate surface area is 134 Å². The number of hydrogen-bond acceptors (Lipinski definition) is 2. The highest BCUT2D eigenvalue weighted by atomic mass is 79.9. The Morgan fingerprint density at radius 2 is 1.86 bits per heavy atom. The second-order valence-electron chi connectivity index (χ2n) is 5.42. The van der Waals surface area contributed by atoms with Gasteiger partial charge in [0.2, 0.25) is 0 Å². The van der Waals surface area contributed by atoms with Crippen LogP contribution < -0.4 is 9.47 Å². The van der Waals surface area contributed by atoms with Gasteiger partial charge >= 0.3 is 0 Å². The largest absolute Gasteiger partial charge is 0.490 e. The molecule has 2 aromatic rings. The van der Waals surface area contributed by atoms with E-state index < -0.39 is 0 Å². The normalized spacial score (nSPS) is 15.3. The zero-order valence-electron chi connectivity index (χ0n) is 12.1. The Balaban J connectivity index is 1.78. The van der Waals surface area contributed by atoms with E-state index in [2.05, 4.69) is 59.3 Å². The van der Waals surface area contributed by atoms with Crippen LogP contribution in [-0.2, 0) is 6.42 Å². The van der Waals surface area contributed by atoms with Crippen LogP contribution >= 0.6 is 15.9 Å². The summed E-state index contributed by atoms with van der Waals surface area (Å²) in [4.78, 5) is 0.274. The second-order valence-corrected chi connectivity index (χ2v) is 6.52. The lowest BCUT2D eigenvalue weighted by Gasteiger charge is -2.14. The number of ether oxygens (including phenoxy) is 2. The standard InChI is InChI=1S/C18H19BrO2/c1-13-4-2-5-14(10-13)11-16(19)15-6-7-17-18(12-15)21-9-3-8-20-17/h2,4-7,10,12,16H,3,8-9,11H2,1H3. The highest BCUT2D eigenvalue weighted by Gasteiger charge is 2.15. The van der Waals surface area contributed by atoms with Crippen LogP contribution in [-0.4, -0.2) is 13.2 Å². The summed E-state index contributed by atoms with van der Waals surface area (Å²) in [7, 11) is 0. The monoisotopic (exact) mass is 346 g/mol. The van der Waals surface area contributed by atoms with Gasteiger partial charge in [-0.2, -0.15) is 0 Å². The molecule has 21 heavy (non-hydrogen) atoms. The van der Waals surface area contributed by atoms with Gasteiger partial charge in [0.25, 0.3) is 0 Å². The lowest BCUT2D eigenvalue weighted by atomic mass is 10.0. The lowest BCUT2D eigenvalue weighted by molar-refractivity contribution is 0.297. The first-order chi connectivity index (χ1) is 10.2. The molecular weight excluding hydrogens is 328 g/mol. The molecule has 3 rings (SSSR count). The second kappa shape index (κ2) is 6.52. The van der Waals surface area contributed by atoms with Crippen molar-refractivity contribution in [3.63, 3.8) is 0 Å². The van der Waals surface area contributed by atoms with Crippen molar-refractivity contribution >= 4 is 15.9 Å². The number of alkyl halides is 1. The van der Waals surface area contributed by atoms with E-state index in [1.807, 2.05) is 6.07 Å². The molecular formula is C18H19BrO2. The highest BCUT2D eigenvalue weighted by molar-refractivity contribution is 9.09. The molecule has 0 spiro atoms. The molecule has 0 fully saturated rings. The summed E-state index contributed by atoms with van der Waals surface area (Å²) in [6.45, 7) is 3.58. The van der Waals surface area contributed by atoms with Gasteiger partial charge in [0, 0.05) is 11.2 Å². The predicted molar refractivity (Wildman–Crippen MR) is 88.6 cm³/mol. The van der Waals surface area contributed by atoms with Crippen molar-refractivity contribution < 1.29 is 9.47 Å². The molecule has 0 N–H and O–H groups in total. The minimum absolute atomic E-state index is 0.274. The first kappa shape index (κ1) is 14.5. The molecule has 0 bridgehead atoms. The van der Waals surface area contributed by atoms with E-state index in [0.29, 0.717) is 0 Å². The van der Waals surface area contributed by atoms with E-state index >= 15 is 0 Å². The van der Waals surface area contributed by atoms with E-state index in [9.17, 15) is 0 Å². The molecule has 110 valence electrons. The van der Waals surface area contributed by atoms with Gasteiger partial charge in [-0.3, -0.25) is 0 Å². The smallest absolute Gasteiger partial charge is 0.161 e. The van der Waals surface area contributed by atoms with E-state index in [1.54, 1.807) is 0 Å². The molecule has 2 nitrogen and oxygen atoms in total. The third-order valence-corrected chi connectivity index (χ3v) is 4.48. The SMILES string of the molecule is Cc1cccc(CC(Br)c2ccc3c(c2)OCCCO3)c1. The summed E-state index contributed by atoms with van der Waals surface area (Å²) in [5.41, 5.74) is 3.86. The van der Waals surface area contributed by atoms with Gasteiger partial charge < -0.3 is 9.47 Å². The quantitative estimate of drug-likeness (QED) is 0.740. The van der Waals surface area contributed by atoms with E-state index in [0.717, 1.165) is 37.6 Å². The molecule has 1 heterocycles. The first-order valence-electron chi connectivity index (χ1n) is 7.31. The van der Waals surface area contributed by atoms with E-state index in [1.165, 1.54) is 16.7 Å². The predicted octanol–water partition coefficient (Wildman–Crippen LogP) is 4.84. The molecule has 0 aromatic heterocycles. The van der Waals surface area contributed by atoms with Gasteiger partial charge in [0.15, 0.2) is 11.5 Å². The van der Waals surface area contributed by atoms with Crippen LogP contribution in [0.1, 0.15) is 27.9 Å². The van der Waals surface area contributed by atoms with Crippen LogP contribution in [0.15, 0.2) is 42.5 Å². The fourth-order valence-corrected chi connectivity index (χ4v) is 3.20. The van der Waals surface area contributed by atoms with Gasteiger partial charge in [-0.15, -0.1) is 0 Å². The first-order valence-corrected chi connectivity index (χ1v) is 8.23. The van der Waals surface area contributed by atoms with Crippen LogP contribution in [0.3, 0.4) is 0 Å². The van der Waals surface area contributed by atoms with Crippen LogP contribution in [0.5, 0.6) is 11.5 Å². The maximum atomic E-state index is 5.76. The zero-order chi connectivity index (χ0) is 14.7. The van der Waals surface area contributed by atoms with Crippen molar-refractivity contribution in [2.75, 3.05) is 13.2 Å². The number of rotatable bonds is 3. The van der Waals surface area contributed by atoms with Gasteiger partial charge in [0.05, 0.1) is 13.2 Å². The number of aryl methyl sites for hydroxylation is 1. The van der Waals surface area contributed by atoms with E-state index in [-0.39, 0.29) is 4.83 Å². The maximum absolute atomic E-state index is 5.76. The van der Waals surface area contributed by atoms with Crippen LogP contribution in [0.2, 0.25) is 0 Å². The Morgan fingerprint density at radius 1 is 1.05 bits per heavy atom. The van der Waals surface area contributed by atoms with Crippen molar-refractivity contribution in [2.45, 2.75) is 24.6 Å². The molecule has 0 amide bonds. The Morgan fingerprint density at radius 3 is 2.67 bits per heavy atom. The molecule has 1 aliphatic rings. The topological polar surface area (TPSA) is 18.5 Å². The van der Waals surface area contributed by atoms with Gasteiger partial charge in [-0.1, -0.05) is 51.8 Å². The van der Waals surface area contributed by atoms with Gasteiger partial charge in [0.1, 0.15) is 0 Å². The molecule has 1 unspecified atom stereocenters. The Hall–Kier alpha value is -1.48. The highest BCUT2D eigenvalue weighted by Crippen LogP contribution is 2.35. The Kier molecular flexibility index (Phi) is 4.49. The lowest BCUT2D eigenvalue weighted by Crippen LogP contribution is -1.98. The third kappa shape index (κ3) is 3.59. The molecule has 0 saturated heterocycles. The number of hydrogen-bond donors (Lipinski definition) is 0. The molecule has 0 saturated carbocycles. The Bertz CT molecular complexity index is 624. The summed E-state index contributed by atoms with van der Waals surface area (Å²) in [5, 5.41) is 0. The number of benzene rings is 2. The number of halogens is 1. The van der Waals surface area contributed by atoms with Crippen molar-refractivity contribution in [3.8, 4) is 11.5 Å². The molecule has 0 radical (unpaired) electrons. The minimum Gasteiger partial charge on any atom is -0.490 e. The fourth-order valence-electron chi connectivity index (χ4n) is 2.54. The molecule has 0 aliphatic carbocycles. The molecule has 3 heteroatoms. The van der Waals surface area contributed by atoms with Crippen molar-refractivity contribution in [3.05, 3.63) is 59.2 Å². The fraction of sp³-hybridized carbons (Fsp3) is 0.333. The third-order valence-electron chi connectivity index (χ3n) is 3.63. The van der Waals surface area contributed by atoms with Gasteiger partial charge in [-0.25, -0.2) is 0 Å². The summed E-state index contributed by atoms with van der Waals surface area (Å²) in [6, 6.07) is 14.9. The van der Waals surface area contributed by atoms with Crippen molar-refractivity contribution in [1.82, 2.24) is 0 Å². The summed E-state index contributed by atoms with van der Waals surface area (Å²) < 4.78 is 11.4. The van der Waals surface area contributed by atoms with Crippen molar-refractivity contribution in [1.29, 1.82) is 0 Å². The van der Waals surface area contributed by atoms with Crippen molar-refractivity contribution in [2.24, 2.45) is 0 Å². The summed E-state index contributed by atoms with van der Waals surface area (Å²) in [6.07, 6.45) is 1.90. The van der Waals surface area contributed by atoms with Crippen LogP contribution in [0.25, 0.3) is 0 Å². The maximum Gasteiger partial charge on any atom is 0.161 e. The van der Waals surface area contributed by atoms with Crippen LogP contribution in [0, 0.1) is 6.92 Å².